The molecule has 2 heterocycles. The van der Waals surface area contributed by atoms with Gasteiger partial charge in [-0.1, -0.05) is 6.07 Å². The lowest BCUT2D eigenvalue weighted by Crippen LogP contribution is -2.30. The maximum Gasteiger partial charge on any atom is 0.261 e. The van der Waals surface area contributed by atoms with Crippen molar-refractivity contribution in [2.75, 3.05) is 11.3 Å². The lowest BCUT2D eigenvalue weighted by atomic mass is 10.1. The van der Waals surface area contributed by atoms with Gasteiger partial charge in [-0.05, 0) is 66.8 Å². The molecule has 0 saturated carbocycles. The Hall–Kier alpha value is -2.78. The number of halogens is 2. The highest BCUT2D eigenvalue weighted by Crippen LogP contribution is 2.35. The standard InChI is InChI=1S/C21H18F2N2O3S2/c22-17-10-9-16(13-18(17)23)30(27,28)24-15-7-5-14(6-8-15)21(26)25-11-1-3-19(25)20-4-2-12-29-20/h2,4-10,12-13,19,24H,1,3,11H2. The van der Waals surface area contributed by atoms with Gasteiger partial charge in [-0.3, -0.25) is 9.52 Å². The molecule has 1 saturated heterocycles. The van der Waals surface area contributed by atoms with Crippen molar-refractivity contribution < 1.29 is 22.0 Å². The fraction of sp³-hybridized carbons (Fsp3) is 0.190. The third kappa shape index (κ3) is 4.08. The van der Waals surface area contributed by atoms with Crippen molar-refractivity contribution in [3.8, 4) is 0 Å². The van der Waals surface area contributed by atoms with Gasteiger partial charge in [-0.25, -0.2) is 17.2 Å². The van der Waals surface area contributed by atoms with Crippen LogP contribution in [0.3, 0.4) is 0 Å². The fourth-order valence-electron chi connectivity index (χ4n) is 3.49. The van der Waals surface area contributed by atoms with Gasteiger partial charge in [0.05, 0.1) is 10.9 Å². The molecular formula is C21H18F2N2O3S2. The average molecular weight is 449 g/mol. The van der Waals surface area contributed by atoms with Gasteiger partial charge in [0.25, 0.3) is 15.9 Å². The first kappa shape index (κ1) is 20.5. The number of nitrogens with one attached hydrogen (secondary N) is 1. The molecule has 0 spiro atoms. The zero-order valence-corrected chi connectivity index (χ0v) is 17.3. The molecule has 0 bridgehead atoms. The summed E-state index contributed by atoms with van der Waals surface area (Å²) in [6, 6.07) is 12.5. The van der Waals surface area contributed by atoms with Crippen LogP contribution >= 0.6 is 11.3 Å². The number of sulfonamides is 1. The Morgan fingerprint density at radius 2 is 1.83 bits per heavy atom. The molecule has 1 aliphatic heterocycles. The predicted octanol–water partition coefficient (Wildman–Crippen LogP) is 4.80. The molecule has 30 heavy (non-hydrogen) atoms. The molecule has 1 N–H and O–H groups in total. The van der Waals surface area contributed by atoms with E-state index >= 15 is 0 Å². The SMILES string of the molecule is O=C(c1ccc(NS(=O)(=O)c2ccc(F)c(F)c2)cc1)N1CCCC1c1cccs1. The number of thiophene rings is 1. The van der Waals surface area contributed by atoms with Gasteiger partial charge in [-0.2, -0.15) is 0 Å². The highest BCUT2D eigenvalue weighted by atomic mass is 32.2. The van der Waals surface area contributed by atoms with Crippen LogP contribution in [-0.4, -0.2) is 25.8 Å². The molecule has 1 aliphatic rings. The van der Waals surface area contributed by atoms with Gasteiger partial charge >= 0.3 is 0 Å². The van der Waals surface area contributed by atoms with Crippen LogP contribution < -0.4 is 4.72 Å². The van der Waals surface area contributed by atoms with E-state index in [1.807, 2.05) is 22.4 Å². The minimum atomic E-state index is -4.09. The molecule has 1 atom stereocenters. The van der Waals surface area contributed by atoms with Crippen LogP contribution in [0.15, 0.2) is 64.9 Å². The number of hydrogen-bond acceptors (Lipinski definition) is 4. The van der Waals surface area contributed by atoms with E-state index in [1.54, 1.807) is 23.5 Å². The molecular weight excluding hydrogens is 430 g/mol. The highest BCUT2D eigenvalue weighted by molar-refractivity contribution is 7.92. The molecule has 4 rings (SSSR count). The number of amides is 1. The number of nitrogens with zero attached hydrogens (tertiary/aromatic N) is 1. The second-order valence-corrected chi connectivity index (χ2v) is 9.59. The third-order valence-electron chi connectivity index (χ3n) is 4.97. The number of anilines is 1. The van der Waals surface area contributed by atoms with E-state index in [9.17, 15) is 22.0 Å². The van der Waals surface area contributed by atoms with Crippen LogP contribution in [0.4, 0.5) is 14.5 Å². The van der Waals surface area contributed by atoms with Crippen LogP contribution in [0.25, 0.3) is 0 Å². The molecule has 3 aromatic rings. The van der Waals surface area contributed by atoms with Gasteiger partial charge in [0.2, 0.25) is 0 Å². The van der Waals surface area contributed by atoms with E-state index in [1.165, 1.54) is 12.1 Å². The zero-order chi connectivity index (χ0) is 21.3. The summed E-state index contributed by atoms with van der Waals surface area (Å²) in [5.74, 6) is -2.48. The van der Waals surface area contributed by atoms with Gasteiger partial charge in [0, 0.05) is 22.7 Å². The second-order valence-electron chi connectivity index (χ2n) is 6.93. The van der Waals surface area contributed by atoms with Crippen molar-refractivity contribution in [3.63, 3.8) is 0 Å². The quantitative estimate of drug-likeness (QED) is 0.610. The Balaban J connectivity index is 1.50. The topological polar surface area (TPSA) is 66.5 Å². The number of hydrogen-bond donors (Lipinski definition) is 1. The lowest BCUT2D eigenvalue weighted by molar-refractivity contribution is 0.0738. The summed E-state index contributed by atoms with van der Waals surface area (Å²) in [4.78, 5) is 15.6. The monoisotopic (exact) mass is 448 g/mol. The maximum absolute atomic E-state index is 13.4. The Labute approximate surface area is 177 Å². The number of carbonyl (C=O) groups excluding carboxylic acids is 1. The van der Waals surface area contributed by atoms with E-state index in [0.717, 1.165) is 29.9 Å². The molecule has 1 amide bonds. The van der Waals surface area contributed by atoms with Gasteiger partial charge in [0.1, 0.15) is 0 Å². The van der Waals surface area contributed by atoms with Crippen molar-refractivity contribution in [2.45, 2.75) is 23.8 Å². The Morgan fingerprint density at radius 1 is 1.07 bits per heavy atom. The normalized spacial score (nSPS) is 16.6. The Morgan fingerprint density at radius 3 is 2.50 bits per heavy atom. The van der Waals surface area contributed by atoms with Gasteiger partial charge in [0.15, 0.2) is 11.6 Å². The van der Waals surface area contributed by atoms with E-state index in [4.69, 9.17) is 0 Å². The van der Waals surface area contributed by atoms with E-state index in [0.29, 0.717) is 18.2 Å². The number of likely N-dealkylation sites (tertiary alicyclic amines) is 1. The first-order chi connectivity index (χ1) is 14.3. The van der Waals surface area contributed by atoms with Crippen LogP contribution in [-0.2, 0) is 10.0 Å². The molecule has 2 aromatic carbocycles. The maximum atomic E-state index is 13.4. The first-order valence-corrected chi connectivity index (χ1v) is 11.6. The van der Waals surface area contributed by atoms with Crippen LogP contribution in [0.1, 0.15) is 34.1 Å². The Kier molecular flexibility index (Phi) is 5.57. The number of rotatable bonds is 5. The summed E-state index contributed by atoms with van der Waals surface area (Å²) in [7, 11) is -4.09. The summed E-state index contributed by atoms with van der Waals surface area (Å²) in [5, 5.41) is 1.99. The third-order valence-corrected chi connectivity index (χ3v) is 7.32. The first-order valence-electron chi connectivity index (χ1n) is 9.27. The van der Waals surface area contributed by atoms with Crippen molar-refractivity contribution in [2.24, 2.45) is 0 Å². The van der Waals surface area contributed by atoms with Crippen LogP contribution in [0.5, 0.6) is 0 Å². The smallest absolute Gasteiger partial charge is 0.261 e. The van der Waals surface area contributed by atoms with Gasteiger partial charge < -0.3 is 4.90 Å². The molecule has 9 heteroatoms. The fourth-order valence-corrected chi connectivity index (χ4v) is 5.43. The van der Waals surface area contributed by atoms with Crippen molar-refractivity contribution in [3.05, 3.63) is 82.1 Å². The molecule has 1 fully saturated rings. The number of carbonyl (C=O) groups is 1. The summed E-state index contributed by atoms with van der Waals surface area (Å²) in [6.45, 7) is 0.673. The summed E-state index contributed by atoms with van der Waals surface area (Å²) in [5.41, 5.74) is 0.668. The predicted molar refractivity (Wildman–Crippen MR) is 111 cm³/mol. The molecule has 1 unspecified atom stereocenters. The Bertz CT molecular complexity index is 1160. The van der Waals surface area contributed by atoms with Crippen LogP contribution in [0, 0.1) is 11.6 Å². The molecule has 0 aliphatic carbocycles. The average Bonchev–Trinajstić information content (AvgIpc) is 3.41. The van der Waals surface area contributed by atoms with Gasteiger partial charge in [-0.15, -0.1) is 11.3 Å². The summed E-state index contributed by atoms with van der Waals surface area (Å²) < 4.78 is 53.5. The zero-order valence-electron chi connectivity index (χ0n) is 15.7. The largest absolute Gasteiger partial charge is 0.331 e. The number of benzene rings is 2. The van der Waals surface area contributed by atoms with Crippen molar-refractivity contribution in [1.29, 1.82) is 0 Å². The van der Waals surface area contributed by atoms with E-state index in [2.05, 4.69) is 4.72 Å². The molecule has 0 radical (unpaired) electrons. The molecule has 1 aromatic heterocycles. The highest BCUT2D eigenvalue weighted by Gasteiger charge is 2.31. The van der Waals surface area contributed by atoms with Crippen molar-refractivity contribution >= 4 is 33.0 Å². The van der Waals surface area contributed by atoms with E-state index in [-0.39, 0.29) is 17.6 Å². The summed E-state index contributed by atoms with van der Waals surface area (Å²) >= 11 is 1.62. The summed E-state index contributed by atoms with van der Waals surface area (Å²) in [6.07, 6.45) is 1.85. The van der Waals surface area contributed by atoms with Crippen molar-refractivity contribution in [1.82, 2.24) is 4.90 Å². The van der Waals surface area contributed by atoms with Crippen LogP contribution in [0.2, 0.25) is 0 Å². The second kappa shape index (κ2) is 8.16. The molecule has 156 valence electrons. The van der Waals surface area contributed by atoms with E-state index < -0.39 is 26.6 Å². The molecule has 5 nitrogen and oxygen atoms in total. The minimum Gasteiger partial charge on any atom is -0.331 e. The lowest BCUT2D eigenvalue weighted by Gasteiger charge is -2.24. The minimum absolute atomic E-state index is 0.0593.